The first kappa shape index (κ1) is 15.5. The number of phenolic OH excluding ortho intramolecular Hbond substituents is 1. The molecule has 136 valence electrons. The van der Waals surface area contributed by atoms with E-state index in [1.165, 1.54) is 7.11 Å². The Balaban J connectivity index is 2.29. The van der Waals surface area contributed by atoms with Crippen LogP contribution in [0.1, 0.15) is 15.9 Å². The summed E-state index contributed by atoms with van der Waals surface area (Å²) in [5.41, 5.74) is 16.5. The minimum atomic E-state index is -0.667. The normalized spacial score (nSPS) is 12.1. The molecule has 0 aliphatic carbocycles. The minimum Gasteiger partial charge on any atom is -0.508 e. The van der Waals surface area contributed by atoms with Gasteiger partial charge in [-0.1, -0.05) is 4.98 Å². The highest BCUT2D eigenvalue weighted by Crippen LogP contribution is 2.41. The third-order valence-electron chi connectivity index (χ3n) is 5.23. The van der Waals surface area contributed by atoms with E-state index in [0.717, 1.165) is 11.0 Å². The van der Waals surface area contributed by atoms with Crippen LogP contribution in [0.4, 0.5) is 5.82 Å². The third kappa shape index (κ3) is 1.61. The fourth-order valence-corrected chi connectivity index (χ4v) is 4.05. The van der Waals surface area contributed by atoms with Crippen LogP contribution in [0, 0.1) is 6.92 Å². The topological polar surface area (TPSA) is 124 Å². The quantitative estimate of drug-likeness (QED) is 0.316. The first-order valence-electron chi connectivity index (χ1n) is 8.28. The fourth-order valence-electron chi connectivity index (χ4n) is 4.05. The SMILES string of the molecule is COc1nc2c3c4c1c(C(N)=O)c(N)n4c1c(C)c(O)ccc1n3c[n+]2C. The highest BCUT2D eigenvalue weighted by molar-refractivity contribution is 6.19. The van der Waals surface area contributed by atoms with Gasteiger partial charge in [-0.3, -0.25) is 9.20 Å². The molecule has 0 fully saturated rings. The van der Waals surface area contributed by atoms with Crippen LogP contribution in [0.5, 0.6) is 11.6 Å². The zero-order valence-electron chi connectivity index (χ0n) is 14.9. The van der Waals surface area contributed by atoms with Gasteiger partial charge in [0.1, 0.15) is 22.6 Å². The molecule has 5 N–H and O–H groups in total. The average Bonchev–Trinajstić information content (AvgIpc) is 3.11. The van der Waals surface area contributed by atoms with E-state index in [2.05, 4.69) is 4.98 Å². The molecule has 4 aromatic heterocycles. The Hall–Kier alpha value is -3.75. The van der Waals surface area contributed by atoms with Crippen LogP contribution in [0.2, 0.25) is 0 Å². The van der Waals surface area contributed by atoms with Gasteiger partial charge in [0.15, 0.2) is 6.33 Å². The maximum Gasteiger partial charge on any atom is 0.308 e. The summed E-state index contributed by atoms with van der Waals surface area (Å²) in [5.74, 6) is -0.0752. The highest BCUT2D eigenvalue weighted by atomic mass is 16.5. The Morgan fingerprint density at radius 3 is 2.70 bits per heavy atom. The fraction of sp³-hybridized carbons (Fsp3) is 0.167. The highest BCUT2D eigenvalue weighted by Gasteiger charge is 2.33. The predicted molar refractivity (Wildman–Crippen MR) is 99.4 cm³/mol. The van der Waals surface area contributed by atoms with Crippen LogP contribution in [-0.2, 0) is 7.05 Å². The number of primary amides is 1. The number of benzene rings is 1. The number of methoxy groups -OCH3 is 1. The number of aryl methyl sites for hydroxylation is 2. The van der Waals surface area contributed by atoms with Crippen molar-refractivity contribution in [1.82, 2.24) is 13.8 Å². The second kappa shape index (κ2) is 4.70. The van der Waals surface area contributed by atoms with Crippen molar-refractivity contribution < 1.29 is 19.2 Å². The van der Waals surface area contributed by atoms with Crippen molar-refractivity contribution in [2.24, 2.45) is 12.8 Å². The number of nitrogens with two attached hydrogens (primary N) is 2. The van der Waals surface area contributed by atoms with E-state index in [9.17, 15) is 9.90 Å². The average molecular weight is 365 g/mol. The Kier molecular flexibility index (Phi) is 2.70. The summed E-state index contributed by atoms with van der Waals surface area (Å²) in [6.07, 6.45) is 1.89. The van der Waals surface area contributed by atoms with Crippen LogP contribution in [0.3, 0.4) is 0 Å². The summed E-state index contributed by atoms with van der Waals surface area (Å²) in [5, 5.41) is 10.7. The number of phenols is 1. The van der Waals surface area contributed by atoms with E-state index in [0.29, 0.717) is 27.6 Å². The van der Waals surface area contributed by atoms with Gasteiger partial charge in [0.05, 0.1) is 30.6 Å². The second-order valence-corrected chi connectivity index (χ2v) is 6.65. The van der Waals surface area contributed by atoms with Gasteiger partial charge in [0, 0.05) is 5.56 Å². The number of aromatic nitrogens is 4. The lowest BCUT2D eigenvalue weighted by Crippen LogP contribution is -2.26. The Labute approximate surface area is 152 Å². The molecule has 5 rings (SSSR count). The van der Waals surface area contributed by atoms with Gasteiger partial charge in [-0.05, 0) is 19.1 Å². The summed E-state index contributed by atoms with van der Waals surface area (Å²) in [6, 6.07) is 3.44. The van der Waals surface area contributed by atoms with Crippen molar-refractivity contribution >= 4 is 44.8 Å². The van der Waals surface area contributed by atoms with Crippen LogP contribution in [-0.4, -0.2) is 31.9 Å². The van der Waals surface area contributed by atoms with Gasteiger partial charge < -0.3 is 21.3 Å². The lowest BCUT2D eigenvalue weighted by atomic mass is 10.1. The monoisotopic (exact) mass is 365 g/mol. The number of carbonyl (C=O) groups is 1. The molecule has 1 amide bonds. The van der Waals surface area contributed by atoms with Gasteiger partial charge in [0.25, 0.3) is 5.91 Å². The molecule has 0 saturated carbocycles. The van der Waals surface area contributed by atoms with Crippen molar-refractivity contribution in [3.05, 3.63) is 29.6 Å². The lowest BCUT2D eigenvalue weighted by molar-refractivity contribution is -0.647. The molecule has 0 unspecified atom stereocenters. The number of imidazole rings is 1. The van der Waals surface area contributed by atoms with Gasteiger partial charge in [-0.15, -0.1) is 0 Å². The van der Waals surface area contributed by atoms with Crippen molar-refractivity contribution in [3.63, 3.8) is 0 Å². The van der Waals surface area contributed by atoms with Crippen LogP contribution in [0.15, 0.2) is 18.5 Å². The maximum atomic E-state index is 12.2. The summed E-state index contributed by atoms with van der Waals surface area (Å²) >= 11 is 0. The molecule has 9 nitrogen and oxygen atoms in total. The number of nitrogen functional groups attached to an aromatic ring is 1. The maximum absolute atomic E-state index is 12.2. The summed E-state index contributed by atoms with van der Waals surface area (Å²) < 4.78 is 11.1. The molecule has 0 saturated heterocycles. The molecule has 27 heavy (non-hydrogen) atoms. The summed E-state index contributed by atoms with van der Waals surface area (Å²) in [7, 11) is 3.36. The van der Waals surface area contributed by atoms with Gasteiger partial charge in [-0.2, -0.15) is 0 Å². The van der Waals surface area contributed by atoms with E-state index < -0.39 is 5.91 Å². The van der Waals surface area contributed by atoms with E-state index in [1.807, 2.05) is 22.3 Å². The van der Waals surface area contributed by atoms with Crippen molar-refractivity contribution in [1.29, 1.82) is 0 Å². The molecule has 0 bridgehead atoms. The number of nitrogens with zero attached hydrogens (tertiary/aromatic N) is 4. The molecular formula is C18H17N6O3+. The number of hydrogen-bond donors (Lipinski definition) is 3. The summed E-state index contributed by atoms with van der Waals surface area (Å²) in [4.78, 5) is 16.8. The molecule has 0 aliphatic heterocycles. The number of rotatable bonds is 2. The molecule has 0 radical (unpaired) electrons. The largest absolute Gasteiger partial charge is 0.508 e. The number of amides is 1. The number of anilines is 1. The molecule has 0 atom stereocenters. The number of pyridine rings is 1. The number of aromatic hydroxyl groups is 1. The third-order valence-corrected chi connectivity index (χ3v) is 5.23. The van der Waals surface area contributed by atoms with Crippen LogP contribution in [0.25, 0.3) is 33.1 Å². The Morgan fingerprint density at radius 2 is 2.04 bits per heavy atom. The van der Waals surface area contributed by atoms with Crippen LogP contribution < -0.4 is 20.8 Å². The molecule has 0 spiro atoms. The Morgan fingerprint density at radius 1 is 1.30 bits per heavy atom. The van der Waals surface area contributed by atoms with E-state index in [4.69, 9.17) is 16.2 Å². The van der Waals surface area contributed by atoms with Gasteiger partial charge >= 0.3 is 11.5 Å². The van der Waals surface area contributed by atoms with Crippen molar-refractivity contribution in [2.75, 3.05) is 12.8 Å². The molecule has 1 aromatic carbocycles. The van der Waals surface area contributed by atoms with Crippen LogP contribution >= 0.6 is 0 Å². The Bertz CT molecular complexity index is 1430. The van der Waals surface area contributed by atoms with Crippen molar-refractivity contribution in [3.8, 4) is 11.6 Å². The van der Waals surface area contributed by atoms with Gasteiger partial charge in [0.2, 0.25) is 5.52 Å². The van der Waals surface area contributed by atoms with Gasteiger partial charge in [-0.25, -0.2) is 8.97 Å². The molecule has 5 aromatic rings. The number of carbonyl (C=O) groups excluding carboxylic acids is 1. The first-order chi connectivity index (χ1) is 12.9. The molecule has 4 heterocycles. The zero-order chi connectivity index (χ0) is 19.2. The molecular weight excluding hydrogens is 348 g/mol. The molecule has 0 aliphatic rings. The van der Waals surface area contributed by atoms with E-state index >= 15 is 0 Å². The van der Waals surface area contributed by atoms with E-state index in [1.54, 1.807) is 23.5 Å². The number of ether oxygens (including phenoxy) is 1. The standard InChI is InChI=1S/C18H16N6O3/c1-7-9(25)5-4-8-12(7)24-13-10(11(15(24)19)16(20)26)18(27-3)21-17-14(13)23(8)6-22(17)2/h4-6H,1-3H3,(H4-,19,20,25,26)/p+1. The summed E-state index contributed by atoms with van der Waals surface area (Å²) in [6.45, 7) is 1.80. The predicted octanol–water partition coefficient (Wildman–Crippen LogP) is 0.859. The smallest absolute Gasteiger partial charge is 0.308 e. The number of fused-ring (bicyclic) bond motifs is 3. The zero-order valence-corrected chi connectivity index (χ0v) is 14.9. The lowest BCUT2D eigenvalue weighted by Gasteiger charge is -2.10. The minimum absolute atomic E-state index is 0.132. The molecule has 9 heteroatoms. The second-order valence-electron chi connectivity index (χ2n) is 6.65. The van der Waals surface area contributed by atoms with E-state index in [-0.39, 0.29) is 23.0 Å². The number of hydrogen-bond acceptors (Lipinski definition) is 5. The first-order valence-corrected chi connectivity index (χ1v) is 8.28. The van der Waals surface area contributed by atoms with Crippen molar-refractivity contribution in [2.45, 2.75) is 6.92 Å².